The highest BCUT2D eigenvalue weighted by Crippen LogP contribution is 2.25. The summed E-state index contributed by atoms with van der Waals surface area (Å²) in [5.74, 6) is 0.312. The Hall–Kier alpha value is -2.95. The van der Waals surface area contributed by atoms with Gasteiger partial charge in [0.15, 0.2) is 0 Å². The molecule has 5 heteroatoms. The minimum atomic E-state index is -0.294. The fraction of sp³-hybridized carbons (Fsp3) is 0.238. The average molecular weight is 350 g/mol. The van der Waals surface area contributed by atoms with Gasteiger partial charge in [-0.3, -0.25) is 9.78 Å². The standard InChI is InChI=1S/C21H19FN2O2/c1-13-4-3-5-18-19(10-14(2)23-20(13)18)21(25)24-11-17(12-24)26-16-8-6-15(22)7-9-16/h3-10,17H,11-12H2,1-2H3. The van der Waals surface area contributed by atoms with Crippen LogP contribution >= 0.6 is 0 Å². The number of fused-ring (bicyclic) bond motifs is 1. The molecule has 0 aliphatic carbocycles. The van der Waals surface area contributed by atoms with Crippen LogP contribution in [0.25, 0.3) is 10.9 Å². The molecule has 132 valence electrons. The van der Waals surface area contributed by atoms with Gasteiger partial charge in [0.05, 0.1) is 24.2 Å². The summed E-state index contributed by atoms with van der Waals surface area (Å²) in [4.78, 5) is 19.3. The number of likely N-dealkylation sites (tertiary alicyclic amines) is 1. The molecule has 1 aromatic heterocycles. The molecule has 2 aromatic carbocycles. The van der Waals surface area contributed by atoms with Gasteiger partial charge < -0.3 is 9.64 Å². The van der Waals surface area contributed by atoms with Gasteiger partial charge >= 0.3 is 0 Å². The van der Waals surface area contributed by atoms with Crippen LogP contribution in [0.1, 0.15) is 21.6 Å². The lowest BCUT2D eigenvalue weighted by Gasteiger charge is -2.39. The first-order valence-electron chi connectivity index (χ1n) is 8.60. The van der Waals surface area contributed by atoms with Crippen molar-refractivity contribution in [1.29, 1.82) is 0 Å². The number of nitrogens with zero attached hydrogens (tertiary/aromatic N) is 2. The fourth-order valence-electron chi connectivity index (χ4n) is 3.25. The SMILES string of the molecule is Cc1cc(C(=O)N2CC(Oc3ccc(F)cc3)C2)c2cccc(C)c2n1. The normalized spacial score (nSPS) is 14.3. The Morgan fingerprint density at radius 2 is 1.88 bits per heavy atom. The van der Waals surface area contributed by atoms with Crippen LogP contribution in [-0.2, 0) is 0 Å². The van der Waals surface area contributed by atoms with E-state index in [1.165, 1.54) is 12.1 Å². The number of aryl methyl sites for hydroxylation is 2. The highest BCUT2D eigenvalue weighted by atomic mass is 19.1. The van der Waals surface area contributed by atoms with Crippen LogP contribution in [0.15, 0.2) is 48.5 Å². The molecule has 1 aliphatic rings. The highest BCUT2D eigenvalue weighted by molar-refractivity contribution is 6.07. The molecule has 26 heavy (non-hydrogen) atoms. The van der Waals surface area contributed by atoms with Crippen molar-refractivity contribution in [2.24, 2.45) is 0 Å². The van der Waals surface area contributed by atoms with Gasteiger partial charge in [0.2, 0.25) is 0 Å². The number of hydrogen-bond donors (Lipinski definition) is 0. The summed E-state index contributed by atoms with van der Waals surface area (Å²) in [6.45, 7) is 4.94. The maximum Gasteiger partial charge on any atom is 0.254 e. The van der Waals surface area contributed by atoms with E-state index < -0.39 is 0 Å². The van der Waals surface area contributed by atoms with Crippen LogP contribution in [0.5, 0.6) is 5.75 Å². The molecule has 0 radical (unpaired) electrons. The Balaban J connectivity index is 1.50. The zero-order chi connectivity index (χ0) is 18.3. The molecular weight excluding hydrogens is 331 g/mol. The van der Waals surface area contributed by atoms with Crippen molar-refractivity contribution in [1.82, 2.24) is 9.88 Å². The van der Waals surface area contributed by atoms with Crippen molar-refractivity contribution >= 4 is 16.8 Å². The van der Waals surface area contributed by atoms with Crippen molar-refractivity contribution in [3.05, 3.63) is 71.2 Å². The number of carbonyl (C=O) groups is 1. The summed E-state index contributed by atoms with van der Waals surface area (Å²) < 4.78 is 18.7. The van der Waals surface area contributed by atoms with Gasteiger partial charge in [-0.1, -0.05) is 18.2 Å². The lowest BCUT2D eigenvalue weighted by Crippen LogP contribution is -2.56. The summed E-state index contributed by atoms with van der Waals surface area (Å²) in [6, 6.07) is 13.7. The third kappa shape index (κ3) is 3.01. The first-order chi connectivity index (χ1) is 12.5. The number of ether oxygens (including phenoxy) is 1. The lowest BCUT2D eigenvalue weighted by molar-refractivity contribution is 0.0179. The van der Waals surface area contributed by atoms with E-state index in [0.29, 0.717) is 24.4 Å². The smallest absolute Gasteiger partial charge is 0.254 e. The van der Waals surface area contributed by atoms with Crippen LogP contribution in [-0.4, -0.2) is 35.0 Å². The van der Waals surface area contributed by atoms with Crippen LogP contribution < -0.4 is 4.74 Å². The minimum Gasteiger partial charge on any atom is -0.487 e. The molecule has 1 saturated heterocycles. The molecular formula is C21H19FN2O2. The van der Waals surface area contributed by atoms with Crippen LogP contribution in [0, 0.1) is 19.7 Å². The van der Waals surface area contributed by atoms with Crippen molar-refractivity contribution in [3.63, 3.8) is 0 Å². The van der Waals surface area contributed by atoms with Gasteiger partial charge in [0.1, 0.15) is 17.7 Å². The number of carbonyl (C=O) groups excluding carboxylic acids is 1. The first kappa shape index (κ1) is 16.5. The number of halogens is 1. The molecule has 0 saturated carbocycles. The predicted octanol–water partition coefficient (Wildman–Crippen LogP) is 3.89. The quantitative estimate of drug-likeness (QED) is 0.720. The first-order valence-corrected chi connectivity index (χ1v) is 8.60. The summed E-state index contributed by atoms with van der Waals surface area (Å²) in [7, 11) is 0. The number of aromatic nitrogens is 1. The summed E-state index contributed by atoms with van der Waals surface area (Å²) in [5, 5.41) is 0.878. The van der Waals surface area contributed by atoms with Crippen LogP contribution in [0.4, 0.5) is 4.39 Å². The van der Waals surface area contributed by atoms with Crippen LogP contribution in [0.3, 0.4) is 0 Å². The molecule has 1 amide bonds. The zero-order valence-corrected chi connectivity index (χ0v) is 14.7. The molecule has 1 aliphatic heterocycles. The minimum absolute atomic E-state index is 0.00921. The Bertz CT molecular complexity index is 979. The second kappa shape index (κ2) is 6.41. The molecule has 0 spiro atoms. The molecule has 0 atom stereocenters. The molecule has 4 nitrogen and oxygen atoms in total. The second-order valence-corrected chi connectivity index (χ2v) is 6.69. The van der Waals surface area contributed by atoms with E-state index in [1.807, 2.05) is 38.1 Å². The second-order valence-electron chi connectivity index (χ2n) is 6.69. The maximum atomic E-state index is 13.0. The number of hydrogen-bond acceptors (Lipinski definition) is 3. The largest absolute Gasteiger partial charge is 0.487 e. The molecule has 1 fully saturated rings. The summed E-state index contributed by atoms with van der Waals surface area (Å²) >= 11 is 0. The number of rotatable bonds is 3. The Kier molecular flexibility index (Phi) is 4.07. The van der Waals surface area contributed by atoms with Gasteiger partial charge in [-0.25, -0.2) is 4.39 Å². The van der Waals surface area contributed by atoms with E-state index in [-0.39, 0.29) is 17.8 Å². The van der Waals surface area contributed by atoms with Crippen molar-refractivity contribution < 1.29 is 13.9 Å². The molecule has 0 unspecified atom stereocenters. The summed E-state index contributed by atoms with van der Waals surface area (Å²) in [5.41, 5.74) is 3.43. The highest BCUT2D eigenvalue weighted by Gasteiger charge is 2.33. The van der Waals surface area contributed by atoms with Gasteiger partial charge in [-0.2, -0.15) is 0 Å². The van der Waals surface area contributed by atoms with E-state index in [4.69, 9.17) is 4.74 Å². The monoisotopic (exact) mass is 350 g/mol. The summed E-state index contributed by atoms with van der Waals surface area (Å²) in [6.07, 6.45) is -0.0691. The van der Waals surface area contributed by atoms with E-state index in [1.54, 1.807) is 17.0 Å². The number of benzene rings is 2. The molecule has 4 rings (SSSR count). The van der Waals surface area contributed by atoms with Gasteiger partial charge in [0.25, 0.3) is 5.91 Å². The Morgan fingerprint density at radius 3 is 2.62 bits per heavy atom. The van der Waals surface area contributed by atoms with E-state index in [2.05, 4.69) is 4.98 Å². The number of para-hydroxylation sites is 1. The predicted molar refractivity (Wildman–Crippen MR) is 97.9 cm³/mol. The topological polar surface area (TPSA) is 42.4 Å². The Morgan fingerprint density at radius 1 is 1.15 bits per heavy atom. The van der Waals surface area contributed by atoms with E-state index in [0.717, 1.165) is 22.2 Å². The van der Waals surface area contributed by atoms with E-state index >= 15 is 0 Å². The van der Waals surface area contributed by atoms with Crippen molar-refractivity contribution in [2.45, 2.75) is 20.0 Å². The van der Waals surface area contributed by atoms with Crippen molar-refractivity contribution in [3.8, 4) is 5.75 Å². The fourth-order valence-corrected chi connectivity index (χ4v) is 3.25. The van der Waals surface area contributed by atoms with Crippen LogP contribution in [0.2, 0.25) is 0 Å². The van der Waals surface area contributed by atoms with Gasteiger partial charge in [-0.05, 0) is 49.7 Å². The van der Waals surface area contributed by atoms with E-state index in [9.17, 15) is 9.18 Å². The Labute approximate surface area is 151 Å². The number of pyridine rings is 1. The average Bonchev–Trinajstić information content (AvgIpc) is 2.59. The molecule has 3 aromatic rings. The van der Waals surface area contributed by atoms with Gasteiger partial charge in [0, 0.05) is 11.1 Å². The third-order valence-electron chi connectivity index (χ3n) is 4.65. The van der Waals surface area contributed by atoms with Gasteiger partial charge in [-0.15, -0.1) is 0 Å². The zero-order valence-electron chi connectivity index (χ0n) is 14.7. The molecule has 0 N–H and O–H groups in total. The molecule has 0 bridgehead atoms. The number of amides is 1. The maximum absolute atomic E-state index is 13.0. The lowest BCUT2D eigenvalue weighted by atomic mass is 10.0. The molecule has 2 heterocycles. The van der Waals surface area contributed by atoms with Crippen molar-refractivity contribution in [2.75, 3.05) is 13.1 Å². The third-order valence-corrected chi connectivity index (χ3v) is 4.65.